The third-order valence-electron chi connectivity index (χ3n) is 1.49. The number of thiophene rings is 1. The van der Waals surface area contributed by atoms with E-state index in [1.165, 1.54) is 27.7 Å². The molecule has 1 heterocycles. The summed E-state index contributed by atoms with van der Waals surface area (Å²) in [5.41, 5.74) is 1.53. The summed E-state index contributed by atoms with van der Waals surface area (Å²) in [6.07, 6.45) is 3.89. The summed E-state index contributed by atoms with van der Waals surface area (Å²) in [4.78, 5) is 0. The summed E-state index contributed by atoms with van der Waals surface area (Å²) in [6, 6.07) is 2.24. The molecule has 0 fully saturated rings. The van der Waals surface area contributed by atoms with Gasteiger partial charge in [0.25, 0.3) is 0 Å². The minimum absolute atomic E-state index is 1.26. The van der Waals surface area contributed by atoms with E-state index in [1.54, 1.807) is 0 Å². The van der Waals surface area contributed by atoms with Crippen LogP contribution in [-0.4, -0.2) is 0 Å². The molecule has 0 spiro atoms. The highest BCUT2D eigenvalue weighted by Crippen LogP contribution is 2.20. The van der Waals surface area contributed by atoms with Gasteiger partial charge in [-0.3, -0.25) is 0 Å². The van der Waals surface area contributed by atoms with Gasteiger partial charge >= 0.3 is 0 Å². The van der Waals surface area contributed by atoms with Gasteiger partial charge in [0.15, 0.2) is 0 Å². The molecule has 1 aromatic rings. The van der Waals surface area contributed by atoms with E-state index < -0.39 is 0 Å². The lowest BCUT2D eigenvalue weighted by Gasteiger charge is -1.94. The summed E-state index contributed by atoms with van der Waals surface area (Å²) >= 11 is 4.26. The smallest absolute Gasteiger partial charge is 0.0685 e. The van der Waals surface area contributed by atoms with Gasteiger partial charge in [-0.25, -0.2) is 0 Å². The van der Waals surface area contributed by atoms with Crippen molar-refractivity contribution in [2.45, 2.75) is 26.2 Å². The highest BCUT2D eigenvalue weighted by atomic mass is 127. The normalized spacial score (nSPS) is 10.2. The van der Waals surface area contributed by atoms with E-state index in [0.717, 1.165) is 0 Å². The first kappa shape index (κ1) is 8.53. The molecule has 56 valence electrons. The number of halogens is 1. The van der Waals surface area contributed by atoms with Crippen LogP contribution in [0.2, 0.25) is 0 Å². The number of hydrogen-bond donors (Lipinski definition) is 0. The second-order valence-electron chi connectivity index (χ2n) is 2.32. The minimum atomic E-state index is 1.26. The van der Waals surface area contributed by atoms with E-state index in [9.17, 15) is 0 Å². The molecule has 0 amide bonds. The molecule has 2 heteroatoms. The molecular formula is C8H11IS. The Bertz CT molecular complexity index is 193. The lowest BCUT2D eigenvalue weighted by atomic mass is 10.2. The Morgan fingerprint density at radius 1 is 1.60 bits per heavy atom. The Hall–Kier alpha value is 0.430. The fourth-order valence-corrected chi connectivity index (χ4v) is 2.43. The van der Waals surface area contributed by atoms with Gasteiger partial charge in [-0.2, -0.15) is 0 Å². The molecule has 0 unspecified atom stereocenters. The van der Waals surface area contributed by atoms with Gasteiger partial charge in [-0.15, -0.1) is 11.3 Å². The Kier molecular flexibility index (Phi) is 3.70. The van der Waals surface area contributed by atoms with Crippen molar-refractivity contribution in [3.05, 3.63) is 19.9 Å². The zero-order valence-electron chi connectivity index (χ0n) is 6.06. The largest absolute Gasteiger partial charge is 0.137 e. The van der Waals surface area contributed by atoms with Crippen LogP contribution in [0.3, 0.4) is 0 Å². The van der Waals surface area contributed by atoms with E-state index in [2.05, 4.69) is 41.0 Å². The van der Waals surface area contributed by atoms with Gasteiger partial charge < -0.3 is 0 Å². The lowest BCUT2D eigenvalue weighted by Crippen LogP contribution is -1.81. The maximum Gasteiger partial charge on any atom is 0.0685 e. The SMILES string of the molecule is CCCCc1ccsc1I. The highest BCUT2D eigenvalue weighted by molar-refractivity contribution is 14.1. The predicted molar refractivity (Wildman–Crippen MR) is 55.6 cm³/mol. The van der Waals surface area contributed by atoms with Crippen molar-refractivity contribution in [2.24, 2.45) is 0 Å². The fraction of sp³-hybridized carbons (Fsp3) is 0.500. The molecule has 10 heavy (non-hydrogen) atoms. The van der Waals surface area contributed by atoms with E-state index >= 15 is 0 Å². The monoisotopic (exact) mass is 266 g/mol. The third kappa shape index (κ3) is 2.23. The van der Waals surface area contributed by atoms with Crippen molar-refractivity contribution in [2.75, 3.05) is 0 Å². The molecule has 1 aromatic heterocycles. The molecule has 0 aliphatic carbocycles. The molecule has 1 rings (SSSR count). The van der Waals surface area contributed by atoms with Gasteiger partial charge in [0.1, 0.15) is 0 Å². The molecular weight excluding hydrogens is 255 g/mol. The summed E-state index contributed by atoms with van der Waals surface area (Å²) < 4.78 is 1.46. The van der Waals surface area contributed by atoms with Gasteiger partial charge in [0, 0.05) is 0 Å². The number of unbranched alkanes of at least 4 members (excludes halogenated alkanes) is 1. The standard InChI is InChI=1S/C8H11IS/c1-2-3-4-7-5-6-10-8(7)9/h5-6H,2-4H2,1H3. The van der Waals surface area contributed by atoms with Crippen LogP contribution in [0.1, 0.15) is 25.3 Å². The van der Waals surface area contributed by atoms with Gasteiger partial charge in [0.2, 0.25) is 0 Å². The van der Waals surface area contributed by atoms with Crippen LogP contribution in [0.25, 0.3) is 0 Å². The number of aryl methyl sites for hydroxylation is 1. The molecule has 0 aliphatic heterocycles. The third-order valence-corrected chi connectivity index (χ3v) is 3.69. The second-order valence-corrected chi connectivity index (χ2v) is 5.05. The Morgan fingerprint density at radius 2 is 2.40 bits per heavy atom. The zero-order valence-corrected chi connectivity index (χ0v) is 9.04. The maximum absolute atomic E-state index is 2.41. The predicted octanol–water partition coefficient (Wildman–Crippen LogP) is 3.70. The first-order chi connectivity index (χ1) is 4.84. The Labute approximate surface area is 79.8 Å². The van der Waals surface area contributed by atoms with Crippen LogP contribution in [0.5, 0.6) is 0 Å². The van der Waals surface area contributed by atoms with Crippen molar-refractivity contribution in [3.63, 3.8) is 0 Å². The summed E-state index contributed by atoms with van der Waals surface area (Å²) in [7, 11) is 0. The molecule has 0 saturated heterocycles. The van der Waals surface area contributed by atoms with E-state index in [1.807, 2.05) is 11.3 Å². The number of hydrogen-bond acceptors (Lipinski definition) is 1. The Morgan fingerprint density at radius 3 is 2.90 bits per heavy atom. The van der Waals surface area contributed by atoms with Crippen LogP contribution in [0.15, 0.2) is 11.4 Å². The van der Waals surface area contributed by atoms with Gasteiger partial charge in [-0.05, 0) is 52.4 Å². The molecule has 0 atom stereocenters. The van der Waals surface area contributed by atoms with Gasteiger partial charge in [0.05, 0.1) is 2.88 Å². The first-order valence-corrected chi connectivity index (χ1v) is 5.52. The average Bonchev–Trinajstić information content (AvgIpc) is 2.31. The van der Waals surface area contributed by atoms with Crippen LogP contribution < -0.4 is 0 Å². The highest BCUT2D eigenvalue weighted by Gasteiger charge is 1.98. The van der Waals surface area contributed by atoms with Crippen LogP contribution in [0, 0.1) is 2.88 Å². The topological polar surface area (TPSA) is 0 Å². The molecule has 0 radical (unpaired) electrons. The van der Waals surface area contributed by atoms with E-state index in [-0.39, 0.29) is 0 Å². The molecule has 0 nitrogen and oxygen atoms in total. The van der Waals surface area contributed by atoms with Gasteiger partial charge in [-0.1, -0.05) is 13.3 Å². The first-order valence-electron chi connectivity index (χ1n) is 3.56. The minimum Gasteiger partial charge on any atom is -0.137 e. The van der Waals surface area contributed by atoms with Crippen LogP contribution >= 0.6 is 33.9 Å². The second kappa shape index (κ2) is 4.34. The lowest BCUT2D eigenvalue weighted by molar-refractivity contribution is 0.795. The Balaban J connectivity index is 2.49. The van der Waals surface area contributed by atoms with Crippen molar-refractivity contribution in [1.29, 1.82) is 0 Å². The molecule has 0 bridgehead atoms. The van der Waals surface area contributed by atoms with Crippen molar-refractivity contribution < 1.29 is 0 Å². The molecule has 0 aliphatic rings. The van der Waals surface area contributed by atoms with Crippen molar-refractivity contribution in [3.8, 4) is 0 Å². The summed E-state index contributed by atoms with van der Waals surface area (Å²) in [5, 5.41) is 2.17. The summed E-state index contributed by atoms with van der Waals surface area (Å²) in [5.74, 6) is 0. The molecule has 0 N–H and O–H groups in total. The van der Waals surface area contributed by atoms with Crippen molar-refractivity contribution >= 4 is 33.9 Å². The van der Waals surface area contributed by atoms with Crippen LogP contribution in [-0.2, 0) is 6.42 Å². The summed E-state index contributed by atoms with van der Waals surface area (Å²) in [6.45, 7) is 2.24. The quantitative estimate of drug-likeness (QED) is 0.732. The van der Waals surface area contributed by atoms with E-state index in [0.29, 0.717) is 0 Å². The van der Waals surface area contributed by atoms with E-state index in [4.69, 9.17) is 0 Å². The van der Waals surface area contributed by atoms with Crippen molar-refractivity contribution in [1.82, 2.24) is 0 Å². The average molecular weight is 266 g/mol. The fourth-order valence-electron chi connectivity index (χ4n) is 0.866. The molecule has 0 aromatic carbocycles. The van der Waals surface area contributed by atoms with Crippen LogP contribution in [0.4, 0.5) is 0 Å². The molecule has 0 saturated carbocycles. The number of rotatable bonds is 3. The zero-order chi connectivity index (χ0) is 7.40. The maximum atomic E-state index is 2.41.